The molecule has 0 saturated heterocycles. The largest absolute Gasteiger partial charge is 0.381 e. The van der Waals surface area contributed by atoms with Crippen molar-refractivity contribution in [1.29, 1.82) is 0 Å². The molecule has 0 bridgehead atoms. The Labute approximate surface area is 112 Å². The Morgan fingerprint density at radius 1 is 1.53 bits per heavy atom. The van der Waals surface area contributed by atoms with E-state index >= 15 is 0 Å². The predicted octanol–water partition coefficient (Wildman–Crippen LogP) is -0.176. The fraction of sp³-hybridized carbons (Fsp3) is 0.200. The van der Waals surface area contributed by atoms with Crippen molar-refractivity contribution in [3.8, 4) is 0 Å². The van der Waals surface area contributed by atoms with Gasteiger partial charge in [-0.25, -0.2) is 0 Å². The van der Waals surface area contributed by atoms with Crippen LogP contribution in [0.3, 0.4) is 0 Å². The van der Waals surface area contributed by atoms with Crippen LogP contribution in [0.4, 0.5) is 5.69 Å². The lowest BCUT2D eigenvalue weighted by atomic mass is 10.1. The number of nitrogens with one attached hydrogen (secondary N) is 1. The molecule has 0 aliphatic carbocycles. The zero-order valence-electron chi connectivity index (χ0n) is 9.50. The number of benzene rings is 1. The topological polar surface area (TPSA) is 136 Å². The van der Waals surface area contributed by atoms with Gasteiger partial charge in [-0.2, -0.15) is 0 Å². The van der Waals surface area contributed by atoms with E-state index in [2.05, 4.69) is 5.32 Å². The highest BCUT2D eigenvalue weighted by Gasteiger charge is 2.21. The maximum atomic E-state index is 11.7. The molecule has 0 radical (unpaired) electrons. The Kier molecular flexibility index (Phi) is 4.79. The Balaban J connectivity index is 2.88. The van der Waals surface area contributed by atoms with Crippen LogP contribution in [-0.4, -0.2) is 34.5 Å². The Hall–Kier alpha value is -2.19. The molecular weight excluding hydrogens is 278 g/mol. The Bertz CT molecular complexity index is 534. The van der Waals surface area contributed by atoms with Crippen molar-refractivity contribution in [2.45, 2.75) is 6.10 Å². The van der Waals surface area contributed by atoms with Crippen LogP contribution in [0.5, 0.6) is 0 Å². The number of primary amides is 1. The number of aliphatic hydroxyl groups is 1. The molecule has 1 atom stereocenters. The van der Waals surface area contributed by atoms with E-state index in [1.807, 2.05) is 0 Å². The Morgan fingerprint density at radius 3 is 2.68 bits per heavy atom. The zero-order chi connectivity index (χ0) is 14.6. The minimum atomic E-state index is -1.56. The van der Waals surface area contributed by atoms with Gasteiger partial charge in [0.1, 0.15) is 11.7 Å². The molecule has 19 heavy (non-hydrogen) atoms. The van der Waals surface area contributed by atoms with E-state index in [-0.39, 0.29) is 10.6 Å². The minimum Gasteiger partial charge on any atom is -0.381 e. The molecule has 0 aliphatic rings. The summed E-state index contributed by atoms with van der Waals surface area (Å²) in [7, 11) is 0. The van der Waals surface area contributed by atoms with E-state index in [0.717, 1.165) is 6.07 Å². The van der Waals surface area contributed by atoms with Crippen LogP contribution in [0.1, 0.15) is 10.4 Å². The highest BCUT2D eigenvalue weighted by Crippen LogP contribution is 2.22. The highest BCUT2D eigenvalue weighted by atomic mass is 35.5. The van der Waals surface area contributed by atoms with E-state index < -0.39 is 35.1 Å². The maximum Gasteiger partial charge on any atom is 0.283 e. The first-order chi connectivity index (χ1) is 8.82. The maximum absolute atomic E-state index is 11.7. The number of halogens is 1. The van der Waals surface area contributed by atoms with E-state index in [1.54, 1.807) is 0 Å². The minimum absolute atomic E-state index is 0.112. The van der Waals surface area contributed by atoms with Gasteiger partial charge in [0, 0.05) is 11.1 Å². The first kappa shape index (κ1) is 14.9. The molecule has 0 heterocycles. The number of carbonyl (C=O) groups excluding carboxylic acids is 2. The second kappa shape index (κ2) is 6.12. The van der Waals surface area contributed by atoms with E-state index in [1.165, 1.54) is 12.1 Å². The van der Waals surface area contributed by atoms with Crippen molar-refractivity contribution >= 4 is 29.1 Å². The number of nitro groups is 1. The number of amides is 2. The molecular formula is C10H10ClN3O5. The third-order valence-electron chi connectivity index (χ3n) is 2.19. The lowest BCUT2D eigenvalue weighted by Gasteiger charge is -2.08. The van der Waals surface area contributed by atoms with Gasteiger partial charge in [-0.15, -0.1) is 0 Å². The second-order valence-electron chi connectivity index (χ2n) is 3.55. The van der Waals surface area contributed by atoms with Crippen molar-refractivity contribution in [3.63, 3.8) is 0 Å². The summed E-state index contributed by atoms with van der Waals surface area (Å²) in [5.74, 6) is -1.82. The normalized spacial score (nSPS) is 11.7. The molecule has 0 aromatic heterocycles. The third-order valence-corrected chi connectivity index (χ3v) is 2.42. The fourth-order valence-corrected chi connectivity index (χ4v) is 1.40. The summed E-state index contributed by atoms with van der Waals surface area (Å²) >= 11 is 5.60. The van der Waals surface area contributed by atoms with Crippen LogP contribution in [0, 0.1) is 10.1 Å². The summed E-state index contributed by atoms with van der Waals surface area (Å²) in [6.07, 6.45) is -1.56. The van der Waals surface area contributed by atoms with Crippen molar-refractivity contribution in [3.05, 3.63) is 38.9 Å². The van der Waals surface area contributed by atoms with Gasteiger partial charge in [0.2, 0.25) is 5.91 Å². The van der Waals surface area contributed by atoms with Crippen LogP contribution in [0.15, 0.2) is 18.2 Å². The summed E-state index contributed by atoms with van der Waals surface area (Å²) in [4.78, 5) is 32.3. The number of nitrogens with two attached hydrogens (primary N) is 1. The van der Waals surface area contributed by atoms with Gasteiger partial charge in [-0.1, -0.05) is 11.6 Å². The van der Waals surface area contributed by atoms with Crippen molar-refractivity contribution in [1.82, 2.24) is 5.32 Å². The van der Waals surface area contributed by atoms with Crippen molar-refractivity contribution in [2.24, 2.45) is 5.73 Å². The lowest BCUT2D eigenvalue weighted by Crippen LogP contribution is -2.40. The molecule has 1 rings (SSSR count). The molecule has 8 nitrogen and oxygen atoms in total. The first-order valence-corrected chi connectivity index (χ1v) is 5.40. The SMILES string of the molecule is NC(=O)C(O)CNC(=O)c1ccc(Cl)cc1[N+](=O)[O-]. The molecule has 0 aliphatic heterocycles. The molecule has 4 N–H and O–H groups in total. The third kappa shape index (κ3) is 3.90. The van der Waals surface area contributed by atoms with Gasteiger partial charge < -0.3 is 16.2 Å². The molecule has 0 fully saturated rings. The van der Waals surface area contributed by atoms with E-state index in [0.29, 0.717) is 0 Å². The summed E-state index contributed by atoms with van der Waals surface area (Å²) in [6, 6.07) is 3.52. The summed E-state index contributed by atoms with van der Waals surface area (Å²) < 4.78 is 0. The van der Waals surface area contributed by atoms with Crippen molar-refractivity contribution in [2.75, 3.05) is 6.54 Å². The van der Waals surface area contributed by atoms with Crippen LogP contribution in [0.25, 0.3) is 0 Å². The quantitative estimate of drug-likeness (QED) is 0.510. The number of carbonyl (C=O) groups is 2. The van der Waals surface area contributed by atoms with E-state index in [4.69, 9.17) is 22.4 Å². The molecule has 2 amide bonds. The standard InChI is InChI=1S/C10H10ClN3O5/c11-5-1-2-6(7(3-5)14(18)19)10(17)13-4-8(15)9(12)16/h1-3,8,15H,4H2,(H2,12,16)(H,13,17). The van der Waals surface area contributed by atoms with Crippen LogP contribution < -0.4 is 11.1 Å². The van der Waals surface area contributed by atoms with E-state index in [9.17, 15) is 19.7 Å². The zero-order valence-corrected chi connectivity index (χ0v) is 10.3. The van der Waals surface area contributed by atoms with Crippen molar-refractivity contribution < 1.29 is 19.6 Å². The summed E-state index contributed by atoms with van der Waals surface area (Å²) in [5, 5.41) is 22.1. The lowest BCUT2D eigenvalue weighted by molar-refractivity contribution is -0.385. The van der Waals surface area contributed by atoms with Crippen LogP contribution >= 0.6 is 11.6 Å². The summed E-state index contributed by atoms with van der Waals surface area (Å²) in [6.45, 7) is -0.437. The van der Waals surface area contributed by atoms with Gasteiger partial charge in [-0.05, 0) is 12.1 Å². The Morgan fingerprint density at radius 2 is 2.16 bits per heavy atom. The van der Waals surface area contributed by atoms with Gasteiger partial charge >= 0.3 is 0 Å². The summed E-state index contributed by atoms with van der Waals surface area (Å²) in [5.41, 5.74) is 4.09. The number of hydrogen-bond acceptors (Lipinski definition) is 5. The number of nitrogens with zero attached hydrogens (tertiary/aromatic N) is 1. The monoisotopic (exact) mass is 287 g/mol. The second-order valence-corrected chi connectivity index (χ2v) is 3.98. The average molecular weight is 288 g/mol. The molecule has 102 valence electrons. The fourth-order valence-electron chi connectivity index (χ4n) is 1.23. The number of nitro benzene ring substituents is 1. The molecule has 9 heteroatoms. The molecule has 1 unspecified atom stereocenters. The number of rotatable bonds is 5. The number of hydrogen-bond donors (Lipinski definition) is 3. The molecule has 0 spiro atoms. The number of aliphatic hydroxyl groups excluding tert-OH is 1. The van der Waals surface area contributed by atoms with Gasteiger partial charge in [-0.3, -0.25) is 19.7 Å². The predicted molar refractivity (Wildman–Crippen MR) is 65.6 cm³/mol. The van der Waals surface area contributed by atoms with Gasteiger partial charge in [0.05, 0.1) is 11.5 Å². The van der Waals surface area contributed by atoms with Gasteiger partial charge in [0.25, 0.3) is 11.6 Å². The smallest absolute Gasteiger partial charge is 0.283 e. The van der Waals surface area contributed by atoms with Crippen LogP contribution in [0.2, 0.25) is 5.02 Å². The average Bonchev–Trinajstić information content (AvgIpc) is 2.35. The first-order valence-electron chi connectivity index (χ1n) is 5.02. The highest BCUT2D eigenvalue weighted by molar-refractivity contribution is 6.31. The molecule has 1 aromatic carbocycles. The van der Waals surface area contributed by atoms with Crippen LogP contribution in [-0.2, 0) is 4.79 Å². The molecule has 0 saturated carbocycles. The van der Waals surface area contributed by atoms with Gasteiger partial charge in [0.15, 0.2) is 0 Å². The molecule has 1 aromatic rings.